The summed E-state index contributed by atoms with van der Waals surface area (Å²) >= 11 is 9.79. The summed E-state index contributed by atoms with van der Waals surface area (Å²) in [5.74, 6) is -1.10. The summed E-state index contributed by atoms with van der Waals surface area (Å²) in [7, 11) is 0. The minimum absolute atomic E-state index is 0.239. The Hall–Kier alpha value is -1.60. The normalized spacial score (nSPS) is 17.9. The van der Waals surface area contributed by atoms with E-state index in [1.165, 1.54) is 0 Å². The topological polar surface area (TPSA) is 84.5 Å². The van der Waals surface area contributed by atoms with Crippen LogP contribution in [0.15, 0.2) is 16.6 Å². The fourth-order valence-corrected chi connectivity index (χ4v) is 3.80. The van der Waals surface area contributed by atoms with Gasteiger partial charge in [-0.25, -0.2) is 4.79 Å². The second-order valence-corrected chi connectivity index (χ2v) is 8.09. The van der Waals surface area contributed by atoms with Gasteiger partial charge in [-0.1, -0.05) is 27.5 Å². The molecule has 2 N–H and O–H groups in total. The molecule has 3 amide bonds. The lowest BCUT2D eigenvalue weighted by Gasteiger charge is -2.23. The van der Waals surface area contributed by atoms with Crippen LogP contribution in [0.2, 0.25) is 5.02 Å². The van der Waals surface area contributed by atoms with Crippen LogP contribution in [0.5, 0.6) is 0 Å². The van der Waals surface area contributed by atoms with Gasteiger partial charge in [0.15, 0.2) is 0 Å². The van der Waals surface area contributed by atoms with Gasteiger partial charge in [-0.15, -0.1) is 0 Å². The van der Waals surface area contributed by atoms with Crippen LogP contribution >= 0.6 is 27.5 Å². The molecular weight excluding hydrogens is 412 g/mol. The monoisotopic (exact) mass is 430 g/mol. The number of piperidine rings is 1. The van der Waals surface area contributed by atoms with E-state index in [9.17, 15) is 14.4 Å². The highest BCUT2D eigenvalue weighted by atomic mass is 79.9. The van der Waals surface area contributed by atoms with Crippen molar-refractivity contribution in [2.45, 2.75) is 51.7 Å². The molecule has 6 nitrogen and oxygen atoms in total. The lowest BCUT2D eigenvalue weighted by Crippen LogP contribution is -2.39. The largest absolute Gasteiger partial charge is 0.444 e. The number of ether oxygens (including phenoxy) is 1. The zero-order valence-electron chi connectivity index (χ0n) is 14.2. The zero-order valence-corrected chi connectivity index (χ0v) is 16.6. The van der Waals surface area contributed by atoms with E-state index >= 15 is 0 Å². The number of imide groups is 1. The Morgan fingerprint density at radius 3 is 2.64 bits per heavy atom. The molecule has 1 heterocycles. The van der Waals surface area contributed by atoms with Crippen molar-refractivity contribution in [1.82, 2.24) is 10.6 Å². The predicted octanol–water partition coefficient (Wildman–Crippen LogP) is 3.65. The maximum Gasteiger partial charge on any atom is 0.407 e. The molecule has 0 bridgehead atoms. The molecule has 0 aliphatic carbocycles. The summed E-state index contributed by atoms with van der Waals surface area (Å²) in [5, 5.41) is 5.39. The average Bonchev–Trinajstić information content (AvgIpc) is 2.45. The molecular formula is C17H20BrClN2O4. The first kappa shape index (κ1) is 19.7. The van der Waals surface area contributed by atoms with Crippen LogP contribution in [0.25, 0.3) is 0 Å². The van der Waals surface area contributed by atoms with Crippen LogP contribution in [-0.4, -0.2) is 23.5 Å². The van der Waals surface area contributed by atoms with E-state index in [0.717, 1.165) is 5.56 Å². The molecule has 1 aromatic rings. The molecule has 1 atom stereocenters. The van der Waals surface area contributed by atoms with E-state index in [1.807, 2.05) is 0 Å². The Kier molecular flexibility index (Phi) is 6.11. The van der Waals surface area contributed by atoms with Gasteiger partial charge in [0.05, 0.1) is 5.92 Å². The van der Waals surface area contributed by atoms with Crippen molar-refractivity contribution >= 4 is 45.4 Å². The Morgan fingerprint density at radius 2 is 2.08 bits per heavy atom. The molecule has 0 radical (unpaired) electrons. The second kappa shape index (κ2) is 7.74. The van der Waals surface area contributed by atoms with Crippen LogP contribution in [0.3, 0.4) is 0 Å². The van der Waals surface area contributed by atoms with Crippen molar-refractivity contribution in [2.24, 2.45) is 0 Å². The van der Waals surface area contributed by atoms with Crippen LogP contribution in [0.1, 0.15) is 50.7 Å². The fraction of sp³-hybridized carbons (Fsp3) is 0.471. The lowest BCUT2D eigenvalue weighted by molar-refractivity contribution is -0.134. The fourth-order valence-electron chi connectivity index (χ4n) is 2.53. The summed E-state index contributed by atoms with van der Waals surface area (Å²) < 4.78 is 5.85. The first-order valence-electron chi connectivity index (χ1n) is 7.85. The summed E-state index contributed by atoms with van der Waals surface area (Å²) in [4.78, 5) is 35.1. The van der Waals surface area contributed by atoms with Crippen LogP contribution in [0, 0.1) is 0 Å². The number of carbonyl (C=O) groups is 3. The molecule has 1 fully saturated rings. The van der Waals surface area contributed by atoms with E-state index in [4.69, 9.17) is 16.3 Å². The van der Waals surface area contributed by atoms with Crippen molar-refractivity contribution < 1.29 is 19.1 Å². The Balaban J connectivity index is 2.11. The van der Waals surface area contributed by atoms with E-state index < -0.39 is 17.6 Å². The molecule has 1 aliphatic heterocycles. The minimum Gasteiger partial charge on any atom is -0.444 e. The maximum absolute atomic E-state index is 12.1. The number of alkyl carbamates (subject to hydrolysis) is 1. The summed E-state index contributed by atoms with van der Waals surface area (Å²) in [6, 6.07) is 3.49. The highest BCUT2D eigenvalue weighted by molar-refractivity contribution is 9.10. The zero-order chi connectivity index (χ0) is 18.8. The van der Waals surface area contributed by atoms with Crippen molar-refractivity contribution in [3.63, 3.8) is 0 Å². The van der Waals surface area contributed by atoms with E-state index in [0.29, 0.717) is 21.5 Å². The number of nitrogens with one attached hydrogen (secondary N) is 2. The number of halogens is 2. The van der Waals surface area contributed by atoms with E-state index in [-0.39, 0.29) is 24.8 Å². The average molecular weight is 432 g/mol. The molecule has 136 valence electrons. The third kappa shape index (κ3) is 5.44. The van der Waals surface area contributed by atoms with Gasteiger partial charge < -0.3 is 10.1 Å². The highest BCUT2D eigenvalue weighted by Gasteiger charge is 2.31. The number of carbonyl (C=O) groups excluding carboxylic acids is 3. The van der Waals surface area contributed by atoms with Gasteiger partial charge >= 0.3 is 6.09 Å². The van der Waals surface area contributed by atoms with Crippen LogP contribution in [0.4, 0.5) is 4.79 Å². The Morgan fingerprint density at radius 1 is 1.40 bits per heavy atom. The van der Waals surface area contributed by atoms with Gasteiger partial charge in [0.2, 0.25) is 11.8 Å². The van der Waals surface area contributed by atoms with E-state index in [1.54, 1.807) is 32.9 Å². The van der Waals surface area contributed by atoms with Gasteiger partial charge in [-0.2, -0.15) is 0 Å². The number of hydrogen-bond acceptors (Lipinski definition) is 4. The lowest BCUT2D eigenvalue weighted by atomic mass is 9.90. The maximum atomic E-state index is 12.1. The molecule has 1 unspecified atom stereocenters. The number of rotatable bonds is 3. The van der Waals surface area contributed by atoms with Crippen molar-refractivity contribution in [1.29, 1.82) is 0 Å². The molecule has 0 spiro atoms. The van der Waals surface area contributed by atoms with Gasteiger partial charge in [0.1, 0.15) is 5.60 Å². The molecule has 2 rings (SSSR count). The van der Waals surface area contributed by atoms with Crippen molar-refractivity contribution in [2.75, 3.05) is 0 Å². The molecule has 8 heteroatoms. The molecule has 0 saturated carbocycles. The molecule has 0 aromatic heterocycles. The quantitative estimate of drug-likeness (QED) is 0.716. The summed E-state index contributed by atoms with van der Waals surface area (Å²) in [6.45, 7) is 5.60. The minimum atomic E-state index is -0.571. The highest BCUT2D eigenvalue weighted by Crippen LogP contribution is 2.37. The van der Waals surface area contributed by atoms with Crippen molar-refractivity contribution in [3.05, 3.63) is 32.8 Å². The molecule has 25 heavy (non-hydrogen) atoms. The molecule has 1 aromatic carbocycles. The van der Waals surface area contributed by atoms with Gasteiger partial charge in [-0.3, -0.25) is 14.9 Å². The predicted molar refractivity (Wildman–Crippen MR) is 97.4 cm³/mol. The van der Waals surface area contributed by atoms with E-state index in [2.05, 4.69) is 26.6 Å². The van der Waals surface area contributed by atoms with Crippen molar-refractivity contribution in [3.8, 4) is 0 Å². The number of hydrogen-bond donors (Lipinski definition) is 2. The summed E-state index contributed by atoms with van der Waals surface area (Å²) in [5.41, 5.74) is 0.837. The first-order valence-corrected chi connectivity index (χ1v) is 9.02. The SMILES string of the molecule is CC(C)(C)OC(=O)NCc1cc(Cl)c(C2CCC(=O)NC2=O)c(Br)c1. The number of benzene rings is 1. The van der Waals surface area contributed by atoms with Crippen LogP contribution in [-0.2, 0) is 20.9 Å². The Labute approximate surface area is 159 Å². The van der Waals surface area contributed by atoms with Crippen LogP contribution < -0.4 is 10.6 Å². The smallest absolute Gasteiger partial charge is 0.407 e. The third-order valence-corrected chi connectivity index (χ3v) is 4.53. The summed E-state index contributed by atoms with van der Waals surface area (Å²) in [6.07, 6.45) is 0.175. The Bertz CT molecular complexity index is 692. The van der Waals surface area contributed by atoms with Gasteiger partial charge in [0.25, 0.3) is 0 Å². The number of amides is 3. The molecule has 1 saturated heterocycles. The van der Waals surface area contributed by atoms with Gasteiger partial charge in [0, 0.05) is 22.5 Å². The third-order valence-electron chi connectivity index (χ3n) is 3.56. The first-order chi connectivity index (χ1) is 11.6. The standard InChI is InChI=1S/C17H20BrClN2O4/c1-17(2,3)25-16(24)20-8-9-6-11(18)14(12(19)7-9)10-4-5-13(22)21-15(10)23/h6-7,10H,4-5,8H2,1-3H3,(H,20,24)(H,21,22,23). The second-order valence-electron chi connectivity index (χ2n) is 6.83. The molecule has 1 aliphatic rings. The van der Waals surface area contributed by atoms with Gasteiger partial charge in [-0.05, 0) is 50.5 Å².